The minimum absolute atomic E-state index is 0.286. The predicted octanol–water partition coefficient (Wildman–Crippen LogP) is 1.27. The van der Waals surface area contributed by atoms with Crippen LogP contribution in [0.4, 0.5) is 11.6 Å². The molecule has 10 nitrogen and oxygen atoms in total. The third kappa shape index (κ3) is 4.76. The molecular formula is C21H30N10. The van der Waals surface area contributed by atoms with Crippen LogP contribution in [0.15, 0.2) is 43.1 Å². The number of rotatable bonds is 7. The fourth-order valence-corrected chi connectivity index (χ4v) is 3.81. The molecule has 164 valence electrons. The van der Waals surface area contributed by atoms with Gasteiger partial charge >= 0.3 is 0 Å². The van der Waals surface area contributed by atoms with Gasteiger partial charge < -0.3 is 20.5 Å². The Kier molecular flexibility index (Phi) is 6.31. The van der Waals surface area contributed by atoms with Crippen molar-refractivity contribution in [1.82, 2.24) is 29.7 Å². The Morgan fingerprint density at radius 2 is 2.06 bits per heavy atom. The van der Waals surface area contributed by atoms with E-state index in [1.165, 1.54) is 5.01 Å². The van der Waals surface area contributed by atoms with Crippen molar-refractivity contribution >= 4 is 22.9 Å². The molecule has 0 radical (unpaired) electrons. The van der Waals surface area contributed by atoms with Crippen molar-refractivity contribution in [3.05, 3.63) is 54.4 Å². The molecule has 7 N–H and O–H groups in total. The molecule has 0 bridgehead atoms. The van der Waals surface area contributed by atoms with Crippen LogP contribution in [-0.2, 0) is 6.54 Å². The summed E-state index contributed by atoms with van der Waals surface area (Å²) in [7, 11) is 0. The van der Waals surface area contributed by atoms with Gasteiger partial charge in [0.05, 0.1) is 18.4 Å². The Hall–Kier alpha value is -3.21. The number of pyridine rings is 1. The molecule has 0 aliphatic carbocycles. The summed E-state index contributed by atoms with van der Waals surface area (Å²) in [5.41, 5.74) is 9.70. The number of piperidine rings is 1. The van der Waals surface area contributed by atoms with E-state index in [0.29, 0.717) is 18.4 Å². The topological polar surface area (TPSA) is 140 Å². The first kappa shape index (κ1) is 21.0. The molecule has 4 rings (SSSR count). The van der Waals surface area contributed by atoms with Crippen LogP contribution in [0.2, 0.25) is 0 Å². The van der Waals surface area contributed by atoms with Gasteiger partial charge in [-0.1, -0.05) is 13.0 Å². The van der Waals surface area contributed by atoms with Crippen LogP contribution < -0.4 is 27.7 Å². The number of aromatic nitrogens is 4. The van der Waals surface area contributed by atoms with E-state index in [1.54, 1.807) is 17.4 Å². The Labute approximate surface area is 181 Å². The van der Waals surface area contributed by atoms with Gasteiger partial charge in [-0.2, -0.15) is 0 Å². The zero-order valence-corrected chi connectivity index (χ0v) is 17.8. The van der Waals surface area contributed by atoms with E-state index in [0.717, 1.165) is 54.8 Å². The van der Waals surface area contributed by atoms with Crippen molar-refractivity contribution in [3.63, 3.8) is 0 Å². The van der Waals surface area contributed by atoms with Crippen LogP contribution in [0, 0.1) is 0 Å². The number of imidazole rings is 1. The molecule has 10 heteroatoms. The van der Waals surface area contributed by atoms with Crippen molar-refractivity contribution in [2.24, 2.45) is 11.7 Å². The number of nitrogens with two attached hydrogens (primary N) is 3. The van der Waals surface area contributed by atoms with Crippen molar-refractivity contribution in [2.45, 2.75) is 38.8 Å². The summed E-state index contributed by atoms with van der Waals surface area (Å²) in [4.78, 5) is 13.3. The van der Waals surface area contributed by atoms with E-state index in [2.05, 4.69) is 22.2 Å². The second kappa shape index (κ2) is 9.29. The highest BCUT2D eigenvalue weighted by molar-refractivity contribution is 5.66. The van der Waals surface area contributed by atoms with Gasteiger partial charge in [-0.25, -0.2) is 26.6 Å². The second-order valence-electron chi connectivity index (χ2n) is 7.76. The number of anilines is 2. The Morgan fingerprint density at radius 1 is 1.26 bits per heavy atom. The zero-order valence-electron chi connectivity index (χ0n) is 17.8. The van der Waals surface area contributed by atoms with Gasteiger partial charge in [0.25, 0.3) is 0 Å². The molecule has 3 aromatic rings. The fraction of sp³-hybridized carbons (Fsp3) is 0.381. The van der Waals surface area contributed by atoms with Crippen molar-refractivity contribution < 1.29 is 0 Å². The van der Waals surface area contributed by atoms with E-state index in [4.69, 9.17) is 22.4 Å². The predicted molar refractivity (Wildman–Crippen MR) is 122 cm³/mol. The van der Waals surface area contributed by atoms with E-state index >= 15 is 0 Å². The van der Waals surface area contributed by atoms with Crippen molar-refractivity contribution in [1.29, 1.82) is 0 Å². The highest BCUT2D eigenvalue weighted by Gasteiger charge is 2.18. The number of hydrogen-bond acceptors (Lipinski definition) is 9. The number of fused-ring (bicyclic) bond motifs is 1. The number of nitrogen functional groups attached to an aromatic ring is 1. The van der Waals surface area contributed by atoms with Gasteiger partial charge in [0, 0.05) is 30.8 Å². The monoisotopic (exact) mass is 422 g/mol. The first-order valence-electron chi connectivity index (χ1n) is 10.6. The molecule has 0 unspecified atom stereocenters. The molecule has 0 amide bonds. The molecule has 1 aliphatic heterocycles. The molecule has 31 heavy (non-hydrogen) atoms. The minimum Gasteiger partial charge on any atom is -0.381 e. The first-order valence-corrected chi connectivity index (χ1v) is 10.6. The Morgan fingerprint density at radius 3 is 2.84 bits per heavy atom. The van der Waals surface area contributed by atoms with Crippen LogP contribution in [0.3, 0.4) is 0 Å². The van der Waals surface area contributed by atoms with E-state index in [9.17, 15) is 0 Å². The average molecular weight is 423 g/mol. The lowest BCUT2D eigenvalue weighted by Crippen LogP contribution is -2.44. The number of hydrogen-bond donors (Lipinski definition) is 4. The summed E-state index contributed by atoms with van der Waals surface area (Å²) in [6, 6.07) is 4.25. The van der Waals surface area contributed by atoms with Gasteiger partial charge in [-0.15, -0.1) is 0 Å². The van der Waals surface area contributed by atoms with Crippen LogP contribution >= 0.6 is 0 Å². The van der Waals surface area contributed by atoms with Crippen LogP contribution in [0.25, 0.3) is 11.2 Å². The number of hydrazine groups is 2. The van der Waals surface area contributed by atoms with Gasteiger partial charge in [0.2, 0.25) is 0 Å². The smallest absolute Gasteiger partial charge is 0.186 e. The largest absolute Gasteiger partial charge is 0.381 e. The van der Waals surface area contributed by atoms with E-state index in [1.807, 2.05) is 35.1 Å². The summed E-state index contributed by atoms with van der Waals surface area (Å²) < 4.78 is 1.95. The maximum Gasteiger partial charge on any atom is 0.186 e. The quantitative estimate of drug-likeness (QED) is 0.327. The maximum atomic E-state index is 6.34. The molecule has 1 saturated heterocycles. The summed E-state index contributed by atoms with van der Waals surface area (Å²) >= 11 is 0. The molecule has 0 spiro atoms. The normalized spacial score (nSPS) is 15.4. The lowest BCUT2D eigenvalue weighted by molar-refractivity contribution is 0.231. The third-order valence-corrected chi connectivity index (χ3v) is 5.60. The maximum absolute atomic E-state index is 6.34. The highest BCUT2D eigenvalue weighted by atomic mass is 15.4. The number of nitrogens with one attached hydrogen (secondary N) is 1. The van der Waals surface area contributed by atoms with E-state index in [-0.39, 0.29) is 5.82 Å². The molecule has 4 heterocycles. The van der Waals surface area contributed by atoms with Crippen LogP contribution in [0.1, 0.15) is 37.4 Å². The van der Waals surface area contributed by atoms with Crippen molar-refractivity contribution in [2.75, 3.05) is 23.8 Å². The lowest BCUT2D eigenvalue weighted by Gasteiger charge is -2.30. The molecule has 0 aromatic carbocycles. The standard InChI is InChI=1S/C21H30N10/c1-2-16(14-30(23)17-5-7-25-8-6-17)18-11-27-20(22)21(28-18)31(24)13-15-3-4-19-26-9-10-29(19)12-15/h3-4,9-12,14,17,25H,2,5-8,13,23-24H2,1H3,(H2,22,27). The molecule has 0 saturated carbocycles. The van der Waals surface area contributed by atoms with Crippen molar-refractivity contribution in [3.8, 4) is 0 Å². The molecule has 3 aromatic heterocycles. The summed E-state index contributed by atoms with van der Waals surface area (Å²) in [6.45, 7) is 4.46. The third-order valence-electron chi connectivity index (χ3n) is 5.60. The van der Waals surface area contributed by atoms with Crippen LogP contribution in [-0.4, -0.2) is 43.5 Å². The summed E-state index contributed by atoms with van der Waals surface area (Å²) in [5.74, 6) is 13.4. The average Bonchev–Trinajstić information content (AvgIpc) is 3.26. The molecular weight excluding hydrogens is 392 g/mol. The molecule has 0 atom stereocenters. The summed E-state index contributed by atoms with van der Waals surface area (Å²) in [5, 5.41) is 6.68. The van der Waals surface area contributed by atoms with Gasteiger partial charge in [-0.05, 0) is 49.6 Å². The highest BCUT2D eigenvalue weighted by Crippen LogP contribution is 2.24. The Balaban J connectivity index is 1.55. The van der Waals surface area contributed by atoms with Gasteiger partial charge in [0.1, 0.15) is 5.65 Å². The lowest BCUT2D eigenvalue weighted by atomic mass is 10.1. The fourth-order valence-electron chi connectivity index (χ4n) is 3.81. The SMILES string of the molecule is CCC(=CN(N)C1CCNCC1)c1cnc(N)c(N(N)Cc2ccc3nccn3c2)n1. The summed E-state index contributed by atoms with van der Waals surface area (Å²) in [6.07, 6.45) is 12.1. The Bertz CT molecular complexity index is 1050. The molecule has 1 fully saturated rings. The first-order chi connectivity index (χ1) is 15.0. The number of allylic oxidation sites excluding steroid dienone is 1. The molecule has 1 aliphatic rings. The minimum atomic E-state index is 0.286. The second-order valence-corrected chi connectivity index (χ2v) is 7.76. The van der Waals surface area contributed by atoms with Gasteiger partial charge in [-0.3, -0.25) is 5.01 Å². The van der Waals surface area contributed by atoms with Gasteiger partial charge in [0.15, 0.2) is 11.6 Å². The van der Waals surface area contributed by atoms with E-state index < -0.39 is 0 Å². The number of nitrogens with zero attached hydrogens (tertiary/aromatic N) is 6. The van der Waals surface area contributed by atoms with Crippen LogP contribution in [0.5, 0.6) is 0 Å². The zero-order chi connectivity index (χ0) is 21.8.